The van der Waals surface area contributed by atoms with Gasteiger partial charge < -0.3 is 14.4 Å². The molecule has 0 bridgehead atoms. The maximum absolute atomic E-state index is 13.3. The predicted octanol–water partition coefficient (Wildman–Crippen LogP) is 4.29. The van der Waals surface area contributed by atoms with E-state index in [0.717, 1.165) is 11.1 Å². The van der Waals surface area contributed by atoms with Gasteiger partial charge in [0.15, 0.2) is 11.5 Å². The Hall–Kier alpha value is -2.82. The number of rotatable bonds is 8. The van der Waals surface area contributed by atoms with Gasteiger partial charge in [-0.3, -0.25) is 4.79 Å². The smallest absolute Gasteiger partial charge is 0.246 e. The van der Waals surface area contributed by atoms with Crippen LogP contribution in [-0.2, 0) is 11.3 Å². The first-order chi connectivity index (χ1) is 12.6. The topological polar surface area (TPSA) is 38.8 Å². The number of benzene rings is 2. The lowest BCUT2D eigenvalue weighted by atomic mass is 10.1. The third-order valence-electron chi connectivity index (χ3n) is 3.86. The third-order valence-corrected chi connectivity index (χ3v) is 3.86. The number of carbonyl (C=O) groups is 1. The van der Waals surface area contributed by atoms with Crippen LogP contribution in [0.3, 0.4) is 0 Å². The number of ether oxygens (including phenoxy) is 2. The van der Waals surface area contributed by atoms with E-state index in [4.69, 9.17) is 9.47 Å². The van der Waals surface area contributed by atoms with Gasteiger partial charge in [-0.15, -0.1) is 0 Å². The Morgan fingerprint density at radius 1 is 1.15 bits per heavy atom. The number of nitrogens with zero attached hydrogens (tertiary/aromatic N) is 1. The minimum absolute atomic E-state index is 0.135. The Bertz CT molecular complexity index is 774. The van der Waals surface area contributed by atoms with Crippen LogP contribution in [0.5, 0.6) is 11.5 Å². The summed E-state index contributed by atoms with van der Waals surface area (Å²) in [4.78, 5) is 14.1. The number of halogens is 1. The van der Waals surface area contributed by atoms with E-state index in [1.165, 1.54) is 18.2 Å². The Morgan fingerprint density at radius 2 is 1.96 bits per heavy atom. The van der Waals surface area contributed by atoms with Crippen LogP contribution >= 0.6 is 0 Å². The van der Waals surface area contributed by atoms with Gasteiger partial charge in [0.05, 0.1) is 13.7 Å². The molecule has 0 saturated heterocycles. The lowest BCUT2D eigenvalue weighted by Gasteiger charge is -2.19. The predicted molar refractivity (Wildman–Crippen MR) is 101 cm³/mol. The van der Waals surface area contributed by atoms with E-state index in [-0.39, 0.29) is 11.7 Å². The highest BCUT2D eigenvalue weighted by Gasteiger charge is 2.10. The molecule has 0 atom stereocenters. The van der Waals surface area contributed by atoms with Crippen molar-refractivity contribution in [2.75, 3.05) is 20.3 Å². The Morgan fingerprint density at radius 3 is 2.62 bits per heavy atom. The van der Waals surface area contributed by atoms with Crippen LogP contribution < -0.4 is 9.47 Å². The van der Waals surface area contributed by atoms with Gasteiger partial charge in [0.25, 0.3) is 0 Å². The van der Waals surface area contributed by atoms with Crippen molar-refractivity contribution < 1.29 is 18.7 Å². The summed E-state index contributed by atoms with van der Waals surface area (Å²) in [5.41, 5.74) is 1.59. The third kappa shape index (κ3) is 5.34. The molecule has 2 aromatic rings. The number of likely N-dealkylation sites (N-methyl/N-ethyl adjacent to an activating group) is 1. The van der Waals surface area contributed by atoms with E-state index in [1.807, 2.05) is 32.0 Å². The first kappa shape index (κ1) is 19.5. The first-order valence-corrected chi connectivity index (χ1v) is 8.59. The van der Waals surface area contributed by atoms with Crippen molar-refractivity contribution in [3.63, 3.8) is 0 Å². The monoisotopic (exact) mass is 357 g/mol. The molecule has 0 unspecified atom stereocenters. The molecule has 0 radical (unpaired) electrons. The van der Waals surface area contributed by atoms with Crippen LogP contribution in [0.2, 0.25) is 0 Å². The highest BCUT2D eigenvalue weighted by molar-refractivity contribution is 5.91. The van der Waals surface area contributed by atoms with E-state index < -0.39 is 0 Å². The lowest BCUT2D eigenvalue weighted by molar-refractivity contribution is -0.126. The maximum atomic E-state index is 13.3. The van der Waals surface area contributed by atoms with E-state index >= 15 is 0 Å². The summed E-state index contributed by atoms with van der Waals surface area (Å²) in [6.07, 6.45) is 3.24. The Labute approximate surface area is 153 Å². The van der Waals surface area contributed by atoms with Gasteiger partial charge in [0, 0.05) is 19.2 Å². The van der Waals surface area contributed by atoms with Crippen molar-refractivity contribution >= 4 is 12.0 Å². The number of hydrogen-bond acceptors (Lipinski definition) is 3. The van der Waals surface area contributed by atoms with Gasteiger partial charge >= 0.3 is 0 Å². The molecule has 138 valence electrons. The van der Waals surface area contributed by atoms with E-state index in [9.17, 15) is 9.18 Å². The SMILES string of the molecule is CCOc1ccc(/C=C/C(=O)N(CC)Cc2cccc(F)c2)cc1OC. The molecule has 2 aromatic carbocycles. The minimum Gasteiger partial charge on any atom is -0.493 e. The molecule has 0 saturated carbocycles. The number of methoxy groups -OCH3 is 1. The van der Waals surface area contributed by atoms with Crippen molar-refractivity contribution in [3.05, 3.63) is 65.5 Å². The Balaban J connectivity index is 2.09. The Kier molecular flexibility index (Phi) is 7.21. The van der Waals surface area contributed by atoms with E-state index in [2.05, 4.69) is 0 Å². The summed E-state index contributed by atoms with van der Waals surface area (Å²) in [5.74, 6) is 0.848. The van der Waals surface area contributed by atoms with Crippen LogP contribution in [0.4, 0.5) is 4.39 Å². The zero-order valence-corrected chi connectivity index (χ0v) is 15.4. The molecule has 0 aliphatic heterocycles. The number of hydrogen-bond donors (Lipinski definition) is 0. The molecular weight excluding hydrogens is 333 g/mol. The van der Waals surface area contributed by atoms with Gasteiger partial charge in [-0.25, -0.2) is 4.39 Å². The highest BCUT2D eigenvalue weighted by atomic mass is 19.1. The van der Waals surface area contributed by atoms with Crippen LogP contribution in [0.25, 0.3) is 6.08 Å². The normalized spacial score (nSPS) is 10.8. The fourth-order valence-corrected chi connectivity index (χ4v) is 2.54. The van der Waals surface area contributed by atoms with Crippen LogP contribution in [0.15, 0.2) is 48.5 Å². The number of amides is 1. The molecule has 0 fully saturated rings. The second-order valence-corrected chi connectivity index (χ2v) is 5.66. The second kappa shape index (κ2) is 9.61. The highest BCUT2D eigenvalue weighted by Crippen LogP contribution is 2.28. The summed E-state index contributed by atoms with van der Waals surface area (Å²) in [7, 11) is 1.58. The zero-order valence-electron chi connectivity index (χ0n) is 15.4. The second-order valence-electron chi connectivity index (χ2n) is 5.66. The number of carbonyl (C=O) groups excluding carboxylic acids is 1. The summed E-state index contributed by atoms with van der Waals surface area (Å²) >= 11 is 0. The van der Waals surface area contributed by atoms with E-state index in [1.54, 1.807) is 30.2 Å². The van der Waals surface area contributed by atoms with Gasteiger partial charge in [0.1, 0.15) is 5.82 Å². The van der Waals surface area contributed by atoms with Gasteiger partial charge in [0.2, 0.25) is 5.91 Å². The van der Waals surface area contributed by atoms with Crippen molar-refractivity contribution in [1.82, 2.24) is 4.90 Å². The molecule has 0 aliphatic rings. The molecule has 26 heavy (non-hydrogen) atoms. The largest absolute Gasteiger partial charge is 0.493 e. The summed E-state index contributed by atoms with van der Waals surface area (Å²) in [6.45, 7) is 5.25. The molecule has 1 amide bonds. The van der Waals surface area contributed by atoms with Gasteiger partial charge in [-0.1, -0.05) is 18.2 Å². The lowest BCUT2D eigenvalue weighted by Crippen LogP contribution is -2.28. The van der Waals surface area contributed by atoms with Crippen molar-refractivity contribution in [1.29, 1.82) is 0 Å². The minimum atomic E-state index is -0.303. The van der Waals surface area contributed by atoms with Gasteiger partial charge in [-0.05, 0) is 55.3 Å². The molecule has 0 N–H and O–H groups in total. The summed E-state index contributed by atoms with van der Waals surface area (Å²) < 4.78 is 24.1. The standard InChI is InChI=1S/C21H24FNO3/c1-4-23(15-17-7-6-8-18(22)13-17)21(24)12-10-16-9-11-19(26-5-2)20(14-16)25-3/h6-14H,4-5,15H2,1-3H3/b12-10+. The molecule has 0 aromatic heterocycles. The average molecular weight is 357 g/mol. The molecule has 5 heteroatoms. The zero-order chi connectivity index (χ0) is 18.9. The van der Waals surface area contributed by atoms with Gasteiger partial charge in [-0.2, -0.15) is 0 Å². The van der Waals surface area contributed by atoms with Crippen molar-refractivity contribution in [3.8, 4) is 11.5 Å². The quantitative estimate of drug-likeness (QED) is 0.662. The summed E-state index contributed by atoms with van der Waals surface area (Å²) in [5, 5.41) is 0. The fourth-order valence-electron chi connectivity index (χ4n) is 2.54. The van der Waals surface area contributed by atoms with Crippen LogP contribution in [0, 0.1) is 5.82 Å². The fraction of sp³-hybridized carbons (Fsp3) is 0.286. The average Bonchev–Trinajstić information content (AvgIpc) is 2.65. The molecule has 0 heterocycles. The van der Waals surface area contributed by atoms with E-state index in [0.29, 0.717) is 31.2 Å². The first-order valence-electron chi connectivity index (χ1n) is 8.59. The molecule has 2 rings (SSSR count). The van der Waals surface area contributed by atoms with Crippen molar-refractivity contribution in [2.24, 2.45) is 0 Å². The molecule has 4 nitrogen and oxygen atoms in total. The van der Waals surface area contributed by atoms with Crippen LogP contribution in [0.1, 0.15) is 25.0 Å². The molecule has 0 aliphatic carbocycles. The molecule has 0 spiro atoms. The van der Waals surface area contributed by atoms with Crippen LogP contribution in [-0.4, -0.2) is 31.1 Å². The maximum Gasteiger partial charge on any atom is 0.246 e. The van der Waals surface area contributed by atoms with Crippen molar-refractivity contribution in [2.45, 2.75) is 20.4 Å². The summed E-state index contributed by atoms with van der Waals surface area (Å²) in [6, 6.07) is 11.8. The molecular formula is C21H24FNO3.